The van der Waals surface area contributed by atoms with Crippen molar-refractivity contribution >= 4 is 0 Å². The Morgan fingerprint density at radius 3 is 2.47 bits per heavy atom. The minimum Gasteiger partial charge on any atom is -0.320 e. The molecule has 1 heteroatoms. The molecule has 1 saturated carbocycles. The van der Waals surface area contributed by atoms with Crippen molar-refractivity contribution < 1.29 is 0 Å². The van der Waals surface area contributed by atoms with Gasteiger partial charge in [-0.3, -0.25) is 0 Å². The summed E-state index contributed by atoms with van der Waals surface area (Å²) in [4.78, 5) is 0. The third-order valence-electron chi connectivity index (χ3n) is 4.15. The maximum Gasteiger partial charge on any atom is -0.00460 e. The van der Waals surface area contributed by atoms with Gasteiger partial charge in [0.05, 0.1) is 0 Å². The van der Waals surface area contributed by atoms with E-state index >= 15 is 0 Å². The maximum absolute atomic E-state index is 3.31. The number of hydrogen-bond donors (Lipinski definition) is 1. The first kappa shape index (κ1) is 12.6. The Labute approximate surface area is 106 Å². The van der Waals surface area contributed by atoms with Crippen molar-refractivity contribution in [1.82, 2.24) is 5.32 Å². The van der Waals surface area contributed by atoms with Gasteiger partial charge in [0.25, 0.3) is 0 Å². The highest BCUT2D eigenvalue weighted by Gasteiger charge is 2.24. The van der Waals surface area contributed by atoms with Crippen LogP contribution in [0.4, 0.5) is 0 Å². The van der Waals surface area contributed by atoms with E-state index in [9.17, 15) is 0 Å². The second-order valence-corrected chi connectivity index (χ2v) is 5.31. The van der Waals surface area contributed by atoms with Gasteiger partial charge in [-0.05, 0) is 50.3 Å². The molecule has 1 unspecified atom stereocenters. The van der Waals surface area contributed by atoms with Gasteiger partial charge in [-0.15, -0.1) is 0 Å². The van der Waals surface area contributed by atoms with Gasteiger partial charge < -0.3 is 5.32 Å². The van der Waals surface area contributed by atoms with Gasteiger partial charge in [0, 0.05) is 0 Å². The van der Waals surface area contributed by atoms with E-state index in [0.29, 0.717) is 0 Å². The Bertz CT molecular complexity index is 301. The third-order valence-corrected chi connectivity index (χ3v) is 4.15. The average molecular weight is 231 g/mol. The molecular weight excluding hydrogens is 206 g/mol. The lowest BCUT2D eigenvalue weighted by Gasteiger charge is -2.30. The second kappa shape index (κ2) is 6.80. The summed E-state index contributed by atoms with van der Waals surface area (Å²) in [5.74, 6) is 1.68. The molecule has 1 N–H and O–H groups in total. The van der Waals surface area contributed by atoms with Crippen LogP contribution in [0.5, 0.6) is 0 Å². The van der Waals surface area contributed by atoms with Crippen LogP contribution in [0.15, 0.2) is 30.3 Å². The average Bonchev–Trinajstić information content (AvgIpc) is 2.42. The molecule has 0 saturated heterocycles. The van der Waals surface area contributed by atoms with E-state index in [1.165, 1.54) is 38.5 Å². The standard InChI is InChI=1S/C16H25N/c1-17-13-12-16(14-8-4-2-5-9-14)15-10-6-3-7-11-15/h2,4-5,8-9,15-17H,3,6-7,10-13H2,1H3. The molecule has 2 rings (SSSR count). The van der Waals surface area contributed by atoms with Gasteiger partial charge in [-0.2, -0.15) is 0 Å². The van der Waals surface area contributed by atoms with Gasteiger partial charge in [-0.25, -0.2) is 0 Å². The second-order valence-electron chi connectivity index (χ2n) is 5.31. The molecule has 1 aliphatic carbocycles. The Balaban J connectivity index is 2.06. The van der Waals surface area contributed by atoms with Crippen LogP contribution < -0.4 is 5.32 Å². The lowest BCUT2D eigenvalue weighted by Crippen LogP contribution is -2.20. The molecule has 1 atom stereocenters. The van der Waals surface area contributed by atoms with Gasteiger partial charge in [0.2, 0.25) is 0 Å². The predicted octanol–water partition coefficient (Wildman–Crippen LogP) is 3.96. The van der Waals surface area contributed by atoms with Gasteiger partial charge >= 0.3 is 0 Å². The zero-order valence-electron chi connectivity index (χ0n) is 11.0. The van der Waals surface area contributed by atoms with Gasteiger partial charge in [0.15, 0.2) is 0 Å². The predicted molar refractivity (Wildman–Crippen MR) is 74.3 cm³/mol. The Morgan fingerprint density at radius 1 is 1.12 bits per heavy atom. The number of benzene rings is 1. The molecule has 94 valence electrons. The molecule has 0 spiro atoms. The zero-order valence-corrected chi connectivity index (χ0v) is 11.0. The third kappa shape index (κ3) is 3.57. The smallest absolute Gasteiger partial charge is 0.00460 e. The minimum absolute atomic E-state index is 0.768. The summed E-state index contributed by atoms with van der Waals surface area (Å²) in [5.41, 5.74) is 1.55. The van der Waals surface area contributed by atoms with E-state index < -0.39 is 0 Å². The molecule has 1 fully saturated rings. The van der Waals surface area contributed by atoms with Crippen molar-refractivity contribution in [3.63, 3.8) is 0 Å². The summed E-state index contributed by atoms with van der Waals surface area (Å²) in [7, 11) is 2.06. The fraction of sp³-hybridized carbons (Fsp3) is 0.625. The monoisotopic (exact) mass is 231 g/mol. The molecule has 0 heterocycles. The molecule has 0 amide bonds. The highest BCUT2D eigenvalue weighted by molar-refractivity contribution is 5.20. The van der Waals surface area contributed by atoms with E-state index in [1.54, 1.807) is 5.56 Å². The molecule has 17 heavy (non-hydrogen) atoms. The van der Waals surface area contributed by atoms with E-state index in [-0.39, 0.29) is 0 Å². The molecule has 0 radical (unpaired) electrons. The SMILES string of the molecule is CNCCC(c1ccccc1)C1CCCCC1. The maximum atomic E-state index is 3.31. The quantitative estimate of drug-likeness (QED) is 0.809. The van der Waals surface area contributed by atoms with Crippen LogP contribution in [0.1, 0.15) is 50.0 Å². The largest absolute Gasteiger partial charge is 0.320 e. The molecule has 1 nitrogen and oxygen atoms in total. The summed E-state index contributed by atoms with van der Waals surface area (Å²) in [5, 5.41) is 3.31. The summed E-state index contributed by atoms with van der Waals surface area (Å²) >= 11 is 0. The Morgan fingerprint density at radius 2 is 1.82 bits per heavy atom. The lowest BCUT2D eigenvalue weighted by molar-refractivity contribution is 0.293. The highest BCUT2D eigenvalue weighted by Crippen LogP contribution is 2.37. The number of hydrogen-bond acceptors (Lipinski definition) is 1. The first-order valence-electron chi connectivity index (χ1n) is 7.11. The van der Waals surface area contributed by atoms with Crippen LogP contribution in [-0.4, -0.2) is 13.6 Å². The van der Waals surface area contributed by atoms with E-state index in [0.717, 1.165) is 18.4 Å². The lowest BCUT2D eigenvalue weighted by atomic mass is 9.75. The molecule has 1 aromatic rings. The van der Waals surface area contributed by atoms with Crippen LogP contribution in [0.25, 0.3) is 0 Å². The van der Waals surface area contributed by atoms with Crippen molar-refractivity contribution in [3.8, 4) is 0 Å². The van der Waals surface area contributed by atoms with E-state index in [2.05, 4.69) is 42.7 Å². The summed E-state index contributed by atoms with van der Waals surface area (Å²) in [6.45, 7) is 1.13. The van der Waals surface area contributed by atoms with Gasteiger partial charge in [0.1, 0.15) is 0 Å². The number of nitrogens with one attached hydrogen (secondary N) is 1. The molecule has 0 aliphatic heterocycles. The Kier molecular flexibility index (Phi) is 5.06. The number of rotatable bonds is 5. The van der Waals surface area contributed by atoms with Crippen LogP contribution in [0, 0.1) is 5.92 Å². The zero-order chi connectivity index (χ0) is 11.9. The Hall–Kier alpha value is -0.820. The van der Waals surface area contributed by atoms with Crippen molar-refractivity contribution in [2.24, 2.45) is 5.92 Å². The van der Waals surface area contributed by atoms with Crippen LogP contribution >= 0.6 is 0 Å². The topological polar surface area (TPSA) is 12.0 Å². The van der Waals surface area contributed by atoms with Crippen molar-refractivity contribution in [3.05, 3.63) is 35.9 Å². The summed E-state index contributed by atoms with van der Waals surface area (Å²) in [6, 6.07) is 11.1. The first-order valence-corrected chi connectivity index (χ1v) is 7.11. The minimum atomic E-state index is 0.768. The normalized spacial score (nSPS) is 19.1. The fourth-order valence-corrected chi connectivity index (χ4v) is 3.21. The van der Waals surface area contributed by atoms with Crippen LogP contribution in [0.3, 0.4) is 0 Å². The van der Waals surface area contributed by atoms with E-state index in [4.69, 9.17) is 0 Å². The molecule has 1 aromatic carbocycles. The van der Waals surface area contributed by atoms with Crippen molar-refractivity contribution in [1.29, 1.82) is 0 Å². The van der Waals surface area contributed by atoms with Crippen LogP contribution in [-0.2, 0) is 0 Å². The first-order chi connectivity index (χ1) is 8.42. The van der Waals surface area contributed by atoms with E-state index in [1.807, 2.05) is 0 Å². The molecule has 1 aliphatic rings. The van der Waals surface area contributed by atoms with Crippen molar-refractivity contribution in [2.45, 2.75) is 44.4 Å². The van der Waals surface area contributed by atoms with Crippen LogP contribution in [0.2, 0.25) is 0 Å². The van der Waals surface area contributed by atoms with Crippen molar-refractivity contribution in [2.75, 3.05) is 13.6 Å². The molecule has 0 aromatic heterocycles. The highest BCUT2D eigenvalue weighted by atomic mass is 14.8. The fourth-order valence-electron chi connectivity index (χ4n) is 3.21. The van der Waals surface area contributed by atoms with Gasteiger partial charge in [-0.1, -0.05) is 49.6 Å². The molecule has 0 bridgehead atoms. The summed E-state index contributed by atoms with van der Waals surface area (Å²) in [6.07, 6.45) is 8.48. The summed E-state index contributed by atoms with van der Waals surface area (Å²) < 4.78 is 0. The molecular formula is C16H25N.